The van der Waals surface area contributed by atoms with Crippen LogP contribution in [0.3, 0.4) is 0 Å². The molecule has 0 spiro atoms. The smallest absolute Gasteiger partial charge is 0.251 e. The number of piperazine rings is 1. The van der Waals surface area contributed by atoms with E-state index in [-0.39, 0.29) is 17.7 Å². The van der Waals surface area contributed by atoms with E-state index in [0.717, 1.165) is 16.7 Å². The van der Waals surface area contributed by atoms with Crippen LogP contribution in [0.15, 0.2) is 48.5 Å². The van der Waals surface area contributed by atoms with Crippen molar-refractivity contribution in [2.75, 3.05) is 33.3 Å². The van der Waals surface area contributed by atoms with Gasteiger partial charge in [0.1, 0.15) is 6.10 Å². The number of methoxy groups -OCH3 is 1. The van der Waals surface area contributed by atoms with Gasteiger partial charge in [0.2, 0.25) is 5.91 Å². The van der Waals surface area contributed by atoms with Gasteiger partial charge in [0, 0.05) is 43.9 Å². The van der Waals surface area contributed by atoms with Crippen LogP contribution < -0.4 is 0 Å². The minimum absolute atomic E-state index is 0.0252. The lowest BCUT2D eigenvalue weighted by atomic mass is 9.96. The van der Waals surface area contributed by atoms with Crippen molar-refractivity contribution in [2.45, 2.75) is 25.9 Å². The van der Waals surface area contributed by atoms with E-state index in [1.54, 1.807) is 11.8 Å². The monoisotopic (exact) mass is 414 g/mol. The molecule has 0 aromatic heterocycles. The van der Waals surface area contributed by atoms with Crippen LogP contribution >= 0.6 is 11.6 Å². The molecular weight excluding hydrogens is 388 g/mol. The van der Waals surface area contributed by atoms with Gasteiger partial charge in [-0.25, -0.2) is 0 Å². The summed E-state index contributed by atoms with van der Waals surface area (Å²) in [5.74, 6) is -0.180. The Labute approximate surface area is 177 Å². The molecule has 1 fully saturated rings. The van der Waals surface area contributed by atoms with Gasteiger partial charge in [-0.2, -0.15) is 0 Å². The maximum atomic E-state index is 13.0. The Bertz CT molecular complexity index is 861. The Kier molecular flexibility index (Phi) is 6.93. The number of carbonyl (C=O) groups is 2. The molecular formula is C23H27ClN2O3. The van der Waals surface area contributed by atoms with E-state index in [1.165, 1.54) is 7.11 Å². The zero-order valence-corrected chi connectivity index (χ0v) is 17.9. The van der Waals surface area contributed by atoms with Crippen molar-refractivity contribution in [3.05, 3.63) is 59.1 Å². The Morgan fingerprint density at radius 2 is 1.45 bits per heavy atom. The number of hydrogen-bond donors (Lipinski definition) is 0. The summed E-state index contributed by atoms with van der Waals surface area (Å²) in [5.41, 5.74) is 2.97. The molecule has 5 nitrogen and oxygen atoms in total. The van der Waals surface area contributed by atoms with Gasteiger partial charge < -0.3 is 14.5 Å². The number of amides is 2. The molecule has 2 aromatic rings. The van der Waals surface area contributed by atoms with E-state index in [2.05, 4.69) is 0 Å². The fourth-order valence-electron chi connectivity index (χ4n) is 3.57. The summed E-state index contributed by atoms with van der Waals surface area (Å²) in [5, 5.41) is 0.708. The molecule has 3 rings (SSSR count). The summed E-state index contributed by atoms with van der Waals surface area (Å²) in [4.78, 5) is 28.8. The third-order valence-corrected chi connectivity index (χ3v) is 5.90. The third kappa shape index (κ3) is 4.80. The highest BCUT2D eigenvalue weighted by atomic mass is 35.5. The number of carbonyl (C=O) groups excluding carboxylic acids is 2. The maximum absolute atomic E-state index is 13.0. The van der Waals surface area contributed by atoms with E-state index < -0.39 is 6.10 Å². The Morgan fingerprint density at radius 1 is 0.897 bits per heavy atom. The van der Waals surface area contributed by atoms with Gasteiger partial charge in [0.25, 0.3) is 5.91 Å². The van der Waals surface area contributed by atoms with Crippen LogP contribution in [0.25, 0.3) is 11.1 Å². The van der Waals surface area contributed by atoms with Crippen molar-refractivity contribution in [3.8, 4) is 11.1 Å². The lowest BCUT2D eigenvalue weighted by molar-refractivity contribution is -0.146. The average Bonchev–Trinajstić information content (AvgIpc) is 2.77. The fraction of sp³-hybridized carbons (Fsp3) is 0.391. The topological polar surface area (TPSA) is 49.9 Å². The molecule has 1 aliphatic heterocycles. The van der Waals surface area contributed by atoms with Gasteiger partial charge in [0.15, 0.2) is 0 Å². The first-order valence-corrected chi connectivity index (χ1v) is 10.3. The number of ether oxygens (including phenoxy) is 1. The zero-order chi connectivity index (χ0) is 21.0. The molecule has 0 N–H and O–H groups in total. The molecule has 2 atom stereocenters. The first-order chi connectivity index (χ1) is 13.9. The minimum atomic E-state index is -0.451. The maximum Gasteiger partial charge on any atom is 0.251 e. The van der Waals surface area contributed by atoms with Crippen molar-refractivity contribution in [1.82, 2.24) is 9.80 Å². The highest BCUT2D eigenvalue weighted by Crippen LogP contribution is 2.29. The van der Waals surface area contributed by atoms with Crippen LogP contribution in [0.1, 0.15) is 25.3 Å². The summed E-state index contributed by atoms with van der Waals surface area (Å²) in [7, 11) is 1.53. The van der Waals surface area contributed by atoms with Crippen molar-refractivity contribution in [1.29, 1.82) is 0 Å². The van der Waals surface area contributed by atoms with Crippen molar-refractivity contribution in [2.24, 2.45) is 0 Å². The molecule has 6 heteroatoms. The predicted molar refractivity (Wildman–Crippen MR) is 115 cm³/mol. The summed E-state index contributed by atoms with van der Waals surface area (Å²) < 4.78 is 5.10. The SMILES string of the molecule is COC(C)C(=O)N1CCN(C(=O)C(C)c2ccc(-c3ccccc3Cl)cc2)CC1. The molecule has 1 saturated heterocycles. The average molecular weight is 415 g/mol. The van der Waals surface area contributed by atoms with Crippen LogP contribution in [-0.2, 0) is 14.3 Å². The fourth-order valence-corrected chi connectivity index (χ4v) is 3.81. The van der Waals surface area contributed by atoms with Gasteiger partial charge in [-0.15, -0.1) is 0 Å². The summed E-state index contributed by atoms with van der Waals surface area (Å²) >= 11 is 6.28. The van der Waals surface area contributed by atoms with Crippen LogP contribution in [0, 0.1) is 0 Å². The van der Waals surface area contributed by atoms with Crippen molar-refractivity contribution >= 4 is 23.4 Å². The van der Waals surface area contributed by atoms with E-state index >= 15 is 0 Å². The second kappa shape index (κ2) is 9.42. The summed E-state index contributed by atoms with van der Waals surface area (Å²) in [6.45, 7) is 5.84. The van der Waals surface area contributed by atoms with Crippen LogP contribution in [-0.4, -0.2) is 61.0 Å². The molecule has 0 bridgehead atoms. The molecule has 0 radical (unpaired) electrons. The first-order valence-electron chi connectivity index (χ1n) is 9.87. The number of rotatable bonds is 5. The molecule has 2 aromatic carbocycles. The number of hydrogen-bond acceptors (Lipinski definition) is 3. The van der Waals surface area contributed by atoms with Gasteiger partial charge in [-0.3, -0.25) is 9.59 Å². The van der Waals surface area contributed by atoms with Gasteiger partial charge in [0.05, 0.1) is 5.92 Å². The molecule has 1 aliphatic rings. The lowest BCUT2D eigenvalue weighted by Crippen LogP contribution is -2.53. The summed E-state index contributed by atoms with van der Waals surface area (Å²) in [6.07, 6.45) is -0.451. The van der Waals surface area contributed by atoms with E-state index in [4.69, 9.17) is 16.3 Å². The van der Waals surface area contributed by atoms with E-state index in [1.807, 2.05) is 60.4 Å². The highest BCUT2D eigenvalue weighted by molar-refractivity contribution is 6.33. The normalized spacial score (nSPS) is 16.4. The number of halogens is 1. The number of nitrogens with zero attached hydrogens (tertiary/aromatic N) is 2. The predicted octanol–water partition coefficient (Wildman–Crippen LogP) is 3.82. The largest absolute Gasteiger partial charge is 0.372 e. The van der Waals surface area contributed by atoms with Crippen LogP contribution in [0.2, 0.25) is 5.02 Å². The van der Waals surface area contributed by atoms with E-state index in [9.17, 15) is 9.59 Å². The Balaban J connectivity index is 1.62. The number of benzene rings is 2. The lowest BCUT2D eigenvalue weighted by Gasteiger charge is -2.36. The van der Waals surface area contributed by atoms with Gasteiger partial charge in [-0.1, -0.05) is 54.1 Å². The highest BCUT2D eigenvalue weighted by Gasteiger charge is 2.29. The van der Waals surface area contributed by atoms with Crippen molar-refractivity contribution in [3.63, 3.8) is 0 Å². The van der Waals surface area contributed by atoms with Gasteiger partial charge in [-0.05, 0) is 31.0 Å². The molecule has 0 saturated carbocycles. The van der Waals surface area contributed by atoms with Crippen LogP contribution in [0.5, 0.6) is 0 Å². The second-order valence-electron chi connectivity index (χ2n) is 7.35. The molecule has 2 unspecified atom stereocenters. The minimum Gasteiger partial charge on any atom is -0.372 e. The quantitative estimate of drug-likeness (QED) is 0.747. The molecule has 154 valence electrons. The Morgan fingerprint density at radius 3 is 2.00 bits per heavy atom. The first kappa shape index (κ1) is 21.3. The molecule has 0 aliphatic carbocycles. The zero-order valence-electron chi connectivity index (χ0n) is 17.1. The van der Waals surface area contributed by atoms with Crippen molar-refractivity contribution < 1.29 is 14.3 Å². The Hall–Kier alpha value is -2.37. The third-order valence-electron chi connectivity index (χ3n) is 5.57. The van der Waals surface area contributed by atoms with Crippen LogP contribution in [0.4, 0.5) is 0 Å². The molecule has 2 amide bonds. The molecule has 1 heterocycles. The van der Waals surface area contributed by atoms with E-state index in [0.29, 0.717) is 31.2 Å². The van der Waals surface area contributed by atoms with Gasteiger partial charge >= 0.3 is 0 Å². The summed E-state index contributed by atoms with van der Waals surface area (Å²) in [6, 6.07) is 15.7. The molecule has 29 heavy (non-hydrogen) atoms. The standard InChI is InChI=1S/C23H27ClN2O3/c1-16(18-8-10-19(11-9-18)20-6-4-5-7-21(20)24)22(27)25-12-14-26(15-13-25)23(28)17(2)29-3/h4-11,16-17H,12-15H2,1-3H3. The second-order valence-corrected chi connectivity index (χ2v) is 7.76.